The van der Waals surface area contributed by atoms with Crippen LogP contribution in [-0.4, -0.2) is 5.91 Å². The van der Waals surface area contributed by atoms with Crippen molar-refractivity contribution in [3.63, 3.8) is 0 Å². The summed E-state index contributed by atoms with van der Waals surface area (Å²) >= 11 is 0. The van der Waals surface area contributed by atoms with E-state index >= 15 is 0 Å². The Hall–Kier alpha value is -1.31. The third-order valence-corrected chi connectivity index (χ3v) is 3.69. The van der Waals surface area contributed by atoms with Gasteiger partial charge in [-0.2, -0.15) is 0 Å². The number of amides is 1. The number of benzene rings is 1. The zero-order valence-electron chi connectivity index (χ0n) is 13.3. The van der Waals surface area contributed by atoms with Crippen molar-refractivity contribution in [1.29, 1.82) is 0 Å². The number of nitrogens with one attached hydrogen (secondary N) is 1. The molecule has 0 saturated carbocycles. The summed E-state index contributed by atoms with van der Waals surface area (Å²) in [7, 11) is 0. The lowest BCUT2D eigenvalue weighted by atomic mass is 9.97. The van der Waals surface area contributed by atoms with Gasteiger partial charge in [0.05, 0.1) is 0 Å². The molecule has 0 aromatic heterocycles. The first-order valence-corrected chi connectivity index (χ1v) is 8.13. The second kappa shape index (κ2) is 9.57. The van der Waals surface area contributed by atoms with Gasteiger partial charge >= 0.3 is 0 Å². The molecule has 0 aliphatic heterocycles. The van der Waals surface area contributed by atoms with E-state index in [1.54, 1.807) is 0 Å². The van der Waals surface area contributed by atoms with E-state index in [2.05, 4.69) is 31.3 Å². The molecule has 20 heavy (non-hydrogen) atoms. The summed E-state index contributed by atoms with van der Waals surface area (Å²) in [5.74, 6) is 0.135. The van der Waals surface area contributed by atoms with E-state index in [1.807, 2.05) is 13.0 Å². The van der Waals surface area contributed by atoms with E-state index < -0.39 is 0 Å². The second-order valence-corrected chi connectivity index (χ2v) is 5.41. The summed E-state index contributed by atoms with van der Waals surface area (Å²) in [6, 6.07) is 6.28. The highest BCUT2D eigenvalue weighted by Crippen LogP contribution is 2.23. The number of hydrogen-bond donors (Lipinski definition) is 1. The largest absolute Gasteiger partial charge is 0.326 e. The lowest BCUT2D eigenvalue weighted by Crippen LogP contribution is -2.13. The molecule has 0 aliphatic rings. The molecule has 0 aliphatic carbocycles. The van der Waals surface area contributed by atoms with E-state index in [0.717, 1.165) is 24.9 Å². The fourth-order valence-electron chi connectivity index (χ4n) is 2.55. The fourth-order valence-corrected chi connectivity index (χ4v) is 2.55. The first-order chi connectivity index (χ1) is 9.72. The van der Waals surface area contributed by atoms with Gasteiger partial charge in [-0.1, -0.05) is 52.2 Å². The van der Waals surface area contributed by atoms with Crippen LogP contribution >= 0.6 is 0 Å². The molecule has 0 atom stereocenters. The molecule has 0 spiro atoms. The Morgan fingerprint density at radius 1 is 1.05 bits per heavy atom. The van der Waals surface area contributed by atoms with Crippen LogP contribution in [0.1, 0.15) is 70.4 Å². The number of rotatable bonds is 9. The molecular weight excluding hydrogens is 246 g/mol. The highest BCUT2D eigenvalue weighted by molar-refractivity contribution is 5.91. The van der Waals surface area contributed by atoms with Crippen LogP contribution in [0.5, 0.6) is 0 Å². The van der Waals surface area contributed by atoms with Crippen molar-refractivity contribution in [2.24, 2.45) is 0 Å². The minimum atomic E-state index is 0.135. The summed E-state index contributed by atoms with van der Waals surface area (Å²) in [6.07, 6.45) is 8.64. The van der Waals surface area contributed by atoms with E-state index in [1.165, 1.54) is 36.8 Å². The zero-order chi connectivity index (χ0) is 14.8. The third-order valence-electron chi connectivity index (χ3n) is 3.69. The van der Waals surface area contributed by atoms with Gasteiger partial charge < -0.3 is 5.32 Å². The van der Waals surface area contributed by atoms with Crippen LogP contribution < -0.4 is 5.32 Å². The Bertz CT molecular complexity index is 412. The molecule has 1 aromatic carbocycles. The average molecular weight is 275 g/mol. The van der Waals surface area contributed by atoms with Crippen molar-refractivity contribution in [3.8, 4) is 0 Å². The van der Waals surface area contributed by atoms with E-state index in [4.69, 9.17) is 0 Å². The summed E-state index contributed by atoms with van der Waals surface area (Å²) in [4.78, 5) is 11.8. The first-order valence-electron chi connectivity index (χ1n) is 8.13. The van der Waals surface area contributed by atoms with Gasteiger partial charge in [0.2, 0.25) is 5.91 Å². The summed E-state index contributed by atoms with van der Waals surface area (Å²) < 4.78 is 0. The van der Waals surface area contributed by atoms with Crippen LogP contribution in [0.25, 0.3) is 0 Å². The maximum absolute atomic E-state index is 11.8. The number of aryl methyl sites for hydroxylation is 1. The lowest BCUT2D eigenvalue weighted by molar-refractivity contribution is -0.116. The van der Waals surface area contributed by atoms with Crippen LogP contribution in [0, 0.1) is 0 Å². The average Bonchev–Trinajstić information content (AvgIpc) is 2.44. The highest BCUT2D eigenvalue weighted by Gasteiger charge is 2.09. The molecule has 112 valence electrons. The molecule has 0 heterocycles. The second-order valence-electron chi connectivity index (χ2n) is 5.41. The van der Waals surface area contributed by atoms with Gasteiger partial charge in [-0.15, -0.1) is 0 Å². The summed E-state index contributed by atoms with van der Waals surface area (Å²) in [5, 5.41) is 3.09. The number of hydrogen-bond acceptors (Lipinski definition) is 1. The van der Waals surface area contributed by atoms with Crippen molar-refractivity contribution < 1.29 is 4.79 Å². The van der Waals surface area contributed by atoms with Gasteiger partial charge in [0.15, 0.2) is 0 Å². The Balaban J connectivity index is 2.78. The van der Waals surface area contributed by atoms with Crippen molar-refractivity contribution in [3.05, 3.63) is 29.3 Å². The van der Waals surface area contributed by atoms with Gasteiger partial charge in [0.25, 0.3) is 0 Å². The van der Waals surface area contributed by atoms with E-state index in [0.29, 0.717) is 6.42 Å². The van der Waals surface area contributed by atoms with E-state index in [9.17, 15) is 4.79 Å². The van der Waals surface area contributed by atoms with Gasteiger partial charge in [-0.25, -0.2) is 0 Å². The minimum absolute atomic E-state index is 0.135. The molecule has 1 N–H and O–H groups in total. The van der Waals surface area contributed by atoms with Gasteiger partial charge in [-0.3, -0.25) is 4.79 Å². The zero-order valence-corrected chi connectivity index (χ0v) is 13.3. The Morgan fingerprint density at radius 2 is 1.85 bits per heavy atom. The van der Waals surface area contributed by atoms with Crippen molar-refractivity contribution in [1.82, 2.24) is 0 Å². The molecule has 1 rings (SSSR count). The predicted molar refractivity (Wildman–Crippen MR) is 87.2 cm³/mol. The van der Waals surface area contributed by atoms with Gasteiger partial charge in [0.1, 0.15) is 0 Å². The van der Waals surface area contributed by atoms with Crippen molar-refractivity contribution in [2.75, 3.05) is 5.32 Å². The standard InChI is InChI=1S/C18H29NO/c1-4-7-8-9-13-16-15(6-3)12-10-14-17(16)19-18(20)11-5-2/h10,12,14H,4-9,11,13H2,1-3H3,(H,19,20). The Labute approximate surface area is 124 Å². The molecule has 2 nitrogen and oxygen atoms in total. The van der Waals surface area contributed by atoms with Crippen molar-refractivity contribution >= 4 is 11.6 Å². The highest BCUT2D eigenvalue weighted by atomic mass is 16.1. The van der Waals surface area contributed by atoms with Crippen LogP contribution in [0.4, 0.5) is 5.69 Å². The molecule has 2 heteroatoms. The number of carbonyl (C=O) groups is 1. The molecule has 1 amide bonds. The first kappa shape index (κ1) is 16.7. The fraction of sp³-hybridized carbons (Fsp3) is 0.611. The normalized spacial score (nSPS) is 10.6. The van der Waals surface area contributed by atoms with Crippen molar-refractivity contribution in [2.45, 2.75) is 72.1 Å². The van der Waals surface area contributed by atoms with Crippen LogP contribution in [0.15, 0.2) is 18.2 Å². The van der Waals surface area contributed by atoms with Gasteiger partial charge in [0, 0.05) is 12.1 Å². The lowest BCUT2D eigenvalue weighted by Gasteiger charge is -2.15. The summed E-state index contributed by atoms with van der Waals surface area (Å²) in [5.41, 5.74) is 3.74. The van der Waals surface area contributed by atoms with E-state index in [-0.39, 0.29) is 5.91 Å². The molecular formula is C18H29NO. The summed E-state index contributed by atoms with van der Waals surface area (Å²) in [6.45, 7) is 6.45. The predicted octanol–water partition coefficient (Wildman–Crippen LogP) is 5.11. The number of carbonyl (C=O) groups excluding carboxylic acids is 1. The maximum Gasteiger partial charge on any atom is 0.224 e. The maximum atomic E-state index is 11.8. The topological polar surface area (TPSA) is 29.1 Å². The Morgan fingerprint density at radius 3 is 2.50 bits per heavy atom. The minimum Gasteiger partial charge on any atom is -0.326 e. The SMILES string of the molecule is CCCCCCc1c(CC)cccc1NC(=O)CCC. The number of anilines is 1. The third kappa shape index (κ3) is 5.36. The molecule has 1 aromatic rings. The molecule has 0 radical (unpaired) electrons. The molecule has 0 unspecified atom stereocenters. The van der Waals surface area contributed by atoms with Crippen LogP contribution in [0.2, 0.25) is 0 Å². The number of unbranched alkanes of at least 4 members (excludes halogenated alkanes) is 3. The Kier molecular flexibility index (Phi) is 8.01. The molecule has 0 fully saturated rings. The molecule has 0 saturated heterocycles. The van der Waals surface area contributed by atoms with Crippen LogP contribution in [-0.2, 0) is 17.6 Å². The van der Waals surface area contributed by atoms with Gasteiger partial charge in [-0.05, 0) is 42.9 Å². The smallest absolute Gasteiger partial charge is 0.224 e. The quantitative estimate of drug-likeness (QED) is 0.623. The monoisotopic (exact) mass is 275 g/mol. The molecule has 0 bridgehead atoms. The van der Waals surface area contributed by atoms with Crippen LogP contribution in [0.3, 0.4) is 0 Å².